The van der Waals surface area contributed by atoms with E-state index in [-0.39, 0.29) is 25.4 Å². The summed E-state index contributed by atoms with van der Waals surface area (Å²) < 4.78 is 4.95. The topological polar surface area (TPSA) is 75.6 Å². The third-order valence-electron chi connectivity index (χ3n) is 3.58. The monoisotopic (exact) mass is 321 g/mol. The first-order chi connectivity index (χ1) is 10.8. The lowest BCUT2D eigenvalue weighted by molar-refractivity contribution is -0.143. The van der Waals surface area contributed by atoms with Gasteiger partial charge in [-0.25, -0.2) is 0 Å². The Labute approximate surface area is 138 Å². The molecule has 0 radical (unpaired) electrons. The van der Waals surface area contributed by atoms with Crippen molar-refractivity contribution in [2.45, 2.75) is 53.2 Å². The third kappa shape index (κ3) is 5.77. The van der Waals surface area contributed by atoms with E-state index < -0.39 is 18.1 Å². The van der Waals surface area contributed by atoms with Crippen LogP contribution in [0.2, 0.25) is 0 Å². The first-order valence-corrected chi connectivity index (χ1v) is 7.95. The molecule has 1 rings (SSSR count). The maximum absolute atomic E-state index is 12.9. The third-order valence-corrected chi connectivity index (χ3v) is 3.58. The van der Waals surface area contributed by atoms with Crippen molar-refractivity contribution in [1.82, 2.24) is 5.32 Å². The SMILES string of the molecule is CCOC(=O)CC(NCC(C)O)C(=O)c1c(C)cc(C)cc1C. The van der Waals surface area contributed by atoms with Gasteiger partial charge in [-0.2, -0.15) is 0 Å². The molecule has 0 aliphatic carbocycles. The van der Waals surface area contributed by atoms with E-state index in [1.165, 1.54) is 0 Å². The highest BCUT2D eigenvalue weighted by molar-refractivity contribution is 6.04. The fourth-order valence-corrected chi connectivity index (χ4v) is 2.70. The van der Waals surface area contributed by atoms with Gasteiger partial charge in [-0.15, -0.1) is 0 Å². The van der Waals surface area contributed by atoms with Crippen LogP contribution in [0.4, 0.5) is 0 Å². The van der Waals surface area contributed by atoms with Gasteiger partial charge in [-0.3, -0.25) is 9.59 Å². The number of aryl methyl sites for hydroxylation is 3. The van der Waals surface area contributed by atoms with Crippen LogP contribution in [-0.2, 0) is 9.53 Å². The van der Waals surface area contributed by atoms with Crippen LogP contribution < -0.4 is 5.32 Å². The van der Waals surface area contributed by atoms with E-state index in [0.717, 1.165) is 16.7 Å². The van der Waals surface area contributed by atoms with E-state index in [0.29, 0.717) is 5.56 Å². The Morgan fingerprint density at radius 2 is 1.78 bits per heavy atom. The molecule has 0 saturated carbocycles. The van der Waals surface area contributed by atoms with Gasteiger partial charge in [0.15, 0.2) is 5.78 Å². The zero-order chi connectivity index (χ0) is 17.6. The average Bonchev–Trinajstić information content (AvgIpc) is 2.42. The molecule has 0 aromatic heterocycles. The molecule has 0 heterocycles. The van der Waals surface area contributed by atoms with Crippen molar-refractivity contribution in [3.63, 3.8) is 0 Å². The predicted molar refractivity (Wildman–Crippen MR) is 89.7 cm³/mol. The summed E-state index contributed by atoms with van der Waals surface area (Å²) in [4.78, 5) is 24.7. The lowest BCUT2D eigenvalue weighted by Crippen LogP contribution is -2.42. The van der Waals surface area contributed by atoms with Crippen LogP contribution in [0.5, 0.6) is 0 Å². The summed E-state index contributed by atoms with van der Waals surface area (Å²) in [5, 5.41) is 12.4. The van der Waals surface area contributed by atoms with Gasteiger partial charge in [0.1, 0.15) is 0 Å². The highest BCUT2D eigenvalue weighted by atomic mass is 16.5. The normalized spacial score (nSPS) is 13.5. The molecule has 0 bridgehead atoms. The lowest BCUT2D eigenvalue weighted by atomic mass is 9.92. The van der Waals surface area contributed by atoms with Crippen LogP contribution in [0.15, 0.2) is 12.1 Å². The summed E-state index contributed by atoms with van der Waals surface area (Å²) in [6.45, 7) is 9.63. The fourth-order valence-electron chi connectivity index (χ4n) is 2.70. The van der Waals surface area contributed by atoms with Crippen LogP contribution >= 0.6 is 0 Å². The summed E-state index contributed by atoms with van der Waals surface area (Å²) in [5.41, 5.74) is 3.50. The minimum Gasteiger partial charge on any atom is -0.466 e. The maximum Gasteiger partial charge on any atom is 0.307 e. The largest absolute Gasteiger partial charge is 0.466 e. The zero-order valence-corrected chi connectivity index (χ0v) is 14.6. The Bertz CT molecular complexity index is 543. The first-order valence-electron chi connectivity index (χ1n) is 7.95. The number of aliphatic hydroxyl groups is 1. The smallest absolute Gasteiger partial charge is 0.307 e. The Balaban J connectivity index is 3.05. The molecule has 0 spiro atoms. The van der Waals surface area contributed by atoms with Gasteiger partial charge < -0.3 is 15.2 Å². The first kappa shape index (κ1) is 19.3. The van der Waals surface area contributed by atoms with Crippen LogP contribution in [0.25, 0.3) is 0 Å². The highest BCUT2D eigenvalue weighted by Crippen LogP contribution is 2.19. The van der Waals surface area contributed by atoms with E-state index in [1.54, 1.807) is 13.8 Å². The number of nitrogens with one attached hydrogen (secondary N) is 1. The van der Waals surface area contributed by atoms with Crippen molar-refractivity contribution in [1.29, 1.82) is 0 Å². The van der Waals surface area contributed by atoms with E-state index >= 15 is 0 Å². The number of ether oxygens (including phenoxy) is 1. The summed E-state index contributed by atoms with van der Waals surface area (Å²) in [5.74, 6) is -0.569. The lowest BCUT2D eigenvalue weighted by Gasteiger charge is -2.20. The quantitative estimate of drug-likeness (QED) is 0.566. The molecule has 0 aliphatic heterocycles. The van der Waals surface area contributed by atoms with E-state index in [4.69, 9.17) is 4.74 Å². The number of esters is 1. The molecule has 0 fully saturated rings. The fraction of sp³-hybridized carbons (Fsp3) is 0.556. The Kier molecular flexibility index (Phi) is 7.39. The molecule has 1 aromatic rings. The van der Waals surface area contributed by atoms with Gasteiger partial charge in [0.2, 0.25) is 0 Å². The predicted octanol–water partition coefficient (Wildman–Crippen LogP) is 2.09. The molecule has 2 N–H and O–H groups in total. The Morgan fingerprint density at radius 1 is 1.22 bits per heavy atom. The number of hydrogen-bond donors (Lipinski definition) is 2. The molecule has 23 heavy (non-hydrogen) atoms. The van der Waals surface area contributed by atoms with Crippen LogP contribution in [-0.4, -0.2) is 42.2 Å². The van der Waals surface area contributed by atoms with Gasteiger partial charge in [0.05, 0.1) is 25.2 Å². The molecule has 5 nitrogen and oxygen atoms in total. The van der Waals surface area contributed by atoms with Crippen molar-refractivity contribution < 1.29 is 19.4 Å². The van der Waals surface area contributed by atoms with E-state index in [2.05, 4.69) is 5.32 Å². The number of carbonyl (C=O) groups excluding carboxylic acids is 2. The number of carbonyl (C=O) groups is 2. The number of rotatable bonds is 8. The minimum atomic E-state index is -0.705. The molecule has 2 atom stereocenters. The average molecular weight is 321 g/mol. The summed E-state index contributed by atoms with van der Waals surface area (Å²) in [6, 6.07) is 3.20. The molecule has 0 aliphatic rings. The molecular weight excluding hydrogens is 294 g/mol. The molecule has 0 saturated heterocycles. The van der Waals surface area contributed by atoms with Crippen molar-refractivity contribution >= 4 is 11.8 Å². The van der Waals surface area contributed by atoms with Gasteiger partial charge in [0, 0.05) is 12.1 Å². The van der Waals surface area contributed by atoms with Crippen LogP contribution in [0.1, 0.15) is 47.3 Å². The molecular formula is C18H27NO4. The zero-order valence-electron chi connectivity index (χ0n) is 14.6. The maximum atomic E-state index is 12.9. The summed E-state index contributed by atoms with van der Waals surface area (Å²) in [6.07, 6.45) is -0.653. The van der Waals surface area contributed by atoms with Crippen LogP contribution in [0, 0.1) is 20.8 Å². The van der Waals surface area contributed by atoms with E-state index in [1.807, 2.05) is 32.9 Å². The van der Waals surface area contributed by atoms with Crippen molar-refractivity contribution in [2.75, 3.05) is 13.2 Å². The van der Waals surface area contributed by atoms with Crippen molar-refractivity contribution in [2.24, 2.45) is 0 Å². The second kappa shape index (κ2) is 8.79. The number of benzene rings is 1. The minimum absolute atomic E-state index is 0.0495. The number of aliphatic hydroxyl groups excluding tert-OH is 1. The van der Waals surface area contributed by atoms with Gasteiger partial charge >= 0.3 is 5.97 Å². The van der Waals surface area contributed by atoms with Gasteiger partial charge in [0.25, 0.3) is 0 Å². The number of hydrogen-bond acceptors (Lipinski definition) is 5. The van der Waals surface area contributed by atoms with Crippen molar-refractivity contribution in [3.05, 3.63) is 34.4 Å². The second-order valence-corrected chi connectivity index (χ2v) is 5.96. The second-order valence-electron chi connectivity index (χ2n) is 5.96. The molecule has 0 amide bonds. The number of ketones is 1. The highest BCUT2D eigenvalue weighted by Gasteiger charge is 2.26. The molecule has 2 unspecified atom stereocenters. The number of Topliss-reactive ketones (excluding diaryl/α,β-unsaturated/α-hetero) is 1. The van der Waals surface area contributed by atoms with Gasteiger partial charge in [-0.1, -0.05) is 17.7 Å². The van der Waals surface area contributed by atoms with Crippen molar-refractivity contribution in [3.8, 4) is 0 Å². The molecule has 1 aromatic carbocycles. The van der Waals surface area contributed by atoms with Crippen LogP contribution in [0.3, 0.4) is 0 Å². The standard InChI is InChI=1S/C18H27NO4/c1-6-23-16(21)9-15(19-10-14(5)20)18(22)17-12(3)7-11(2)8-13(17)4/h7-8,14-15,19-20H,6,9-10H2,1-5H3. The van der Waals surface area contributed by atoms with Gasteiger partial charge in [-0.05, 0) is 45.7 Å². The molecule has 128 valence electrons. The Hall–Kier alpha value is -1.72. The molecule has 5 heteroatoms. The summed E-state index contributed by atoms with van der Waals surface area (Å²) in [7, 11) is 0. The van der Waals surface area contributed by atoms with E-state index in [9.17, 15) is 14.7 Å². The Morgan fingerprint density at radius 3 is 2.26 bits per heavy atom. The summed E-state index contributed by atoms with van der Waals surface area (Å²) >= 11 is 0.